The molecule has 0 unspecified atom stereocenters. The molecule has 0 aliphatic heterocycles. The molecule has 6 heteroatoms. The van der Waals surface area contributed by atoms with Crippen LogP contribution in [-0.2, 0) is 21.0 Å². The fourth-order valence-electron chi connectivity index (χ4n) is 1.32. The van der Waals surface area contributed by atoms with E-state index in [0.29, 0.717) is 19.0 Å². The van der Waals surface area contributed by atoms with Crippen LogP contribution in [-0.4, -0.2) is 29.5 Å². The summed E-state index contributed by atoms with van der Waals surface area (Å²) in [5.74, 6) is -0.342. The van der Waals surface area contributed by atoms with Gasteiger partial charge in [-0.1, -0.05) is 6.92 Å². The molecule has 0 saturated heterocycles. The number of rotatable bonds is 7. The Labute approximate surface area is 107 Å². The maximum absolute atomic E-state index is 11.3. The van der Waals surface area contributed by atoms with Crippen LogP contribution in [0, 0.1) is 0 Å². The summed E-state index contributed by atoms with van der Waals surface area (Å²) >= 11 is 0. The quantitative estimate of drug-likeness (QED) is 0.592. The van der Waals surface area contributed by atoms with Gasteiger partial charge >= 0.3 is 5.97 Å². The lowest BCUT2D eigenvalue weighted by Crippen LogP contribution is -2.05. The fraction of sp³-hybridized carbons (Fsp3) is 0.500. The summed E-state index contributed by atoms with van der Waals surface area (Å²) in [4.78, 5) is 11.3. The van der Waals surface area contributed by atoms with E-state index in [4.69, 9.17) is 9.47 Å². The van der Waals surface area contributed by atoms with Gasteiger partial charge < -0.3 is 14.8 Å². The molecular formula is C12H19N3O3. The molecule has 100 valence electrons. The number of hydrogen-bond acceptors (Lipinski definition) is 5. The molecule has 1 rings (SSSR count). The van der Waals surface area contributed by atoms with Crippen molar-refractivity contribution in [1.82, 2.24) is 9.78 Å². The Hall–Kier alpha value is -1.82. The smallest absolute Gasteiger partial charge is 0.332 e. The van der Waals surface area contributed by atoms with Crippen LogP contribution in [0.3, 0.4) is 0 Å². The van der Waals surface area contributed by atoms with Gasteiger partial charge in [0.2, 0.25) is 0 Å². The second-order valence-electron chi connectivity index (χ2n) is 3.81. The molecule has 1 aromatic heterocycles. The summed E-state index contributed by atoms with van der Waals surface area (Å²) in [6.45, 7) is 4.57. The Balaban J connectivity index is 2.49. The highest BCUT2D eigenvalue weighted by Gasteiger charge is 2.01. The number of esters is 1. The molecule has 0 radical (unpaired) electrons. The summed E-state index contributed by atoms with van der Waals surface area (Å²) in [6, 6.07) is 0. The third-order valence-corrected chi connectivity index (χ3v) is 2.02. The Bertz CT molecular complexity index is 412. The number of methoxy groups -OCH3 is 1. The molecule has 1 heterocycles. The molecule has 0 amide bonds. The molecule has 0 aliphatic carbocycles. The molecule has 0 fully saturated rings. The van der Waals surface area contributed by atoms with Crippen LogP contribution in [0.5, 0.6) is 0 Å². The predicted octanol–water partition coefficient (Wildman–Crippen LogP) is 1.76. The largest absolute Gasteiger partial charge is 0.462 e. The highest BCUT2D eigenvalue weighted by molar-refractivity contribution is 5.83. The van der Waals surface area contributed by atoms with Crippen molar-refractivity contribution < 1.29 is 14.3 Å². The lowest BCUT2D eigenvalue weighted by molar-refractivity contribution is -0.137. The molecule has 6 nitrogen and oxygen atoms in total. The third kappa shape index (κ3) is 5.01. The summed E-state index contributed by atoms with van der Waals surface area (Å²) in [6.07, 6.45) is 5.69. The van der Waals surface area contributed by atoms with Crippen LogP contribution < -0.4 is 5.32 Å². The monoisotopic (exact) mass is 253 g/mol. The predicted molar refractivity (Wildman–Crippen MR) is 67.9 cm³/mol. The first-order chi connectivity index (χ1) is 8.65. The minimum atomic E-state index is -0.342. The van der Waals surface area contributed by atoms with Gasteiger partial charge in [-0.05, 0) is 13.3 Å². The topological polar surface area (TPSA) is 65.4 Å². The Morgan fingerprint density at radius 2 is 2.39 bits per heavy atom. The highest BCUT2D eigenvalue weighted by Crippen LogP contribution is 2.08. The zero-order valence-corrected chi connectivity index (χ0v) is 11.0. The van der Waals surface area contributed by atoms with Crippen molar-refractivity contribution >= 4 is 11.7 Å². The van der Waals surface area contributed by atoms with E-state index in [2.05, 4.69) is 10.4 Å². The van der Waals surface area contributed by atoms with Crippen molar-refractivity contribution in [1.29, 1.82) is 0 Å². The summed E-state index contributed by atoms with van der Waals surface area (Å²) in [7, 11) is 1.60. The van der Waals surface area contributed by atoms with E-state index in [1.807, 2.05) is 6.92 Å². The lowest BCUT2D eigenvalue weighted by Gasteiger charge is -2.03. The summed E-state index contributed by atoms with van der Waals surface area (Å²) < 4.78 is 11.5. The SMILES string of the molecule is CCCOC(=O)C=C(C)Nc1cnn(COC)c1. The number of carbonyl (C=O) groups excluding carboxylic acids is 1. The van der Waals surface area contributed by atoms with E-state index in [0.717, 1.165) is 12.1 Å². The van der Waals surface area contributed by atoms with Gasteiger partial charge in [0.15, 0.2) is 0 Å². The van der Waals surface area contributed by atoms with E-state index >= 15 is 0 Å². The van der Waals surface area contributed by atoms with Crippen LogP contribution in [0.1, 0.15) is 20.3 Å². The van der Waals surface area contributed by atoms with Gasteiger partial charge in [-0.3, -0.25) is 0 Å². The fourth-order valence-corrected chi connectivity index (χ4v) is 1.32. The number of nitrogens with one attached hydrogen (secondary N) is 1. The Morgan fingerprint density at radius 1 is 1.61 bits per heavy atom. The van der Waals surface area contributed by atoms with Gasteiger partial charge in [0.05, 0.1) is 24.7 Å². The number of ether oxygens (including phenoxy) is 2. The maximum Gasteiger partial charge on any atom is 0.332 e. The van der Waals surface area contributed by atoms with Crippen molar-refractivity contribution in [2.45, 2.75) is 27.0 Å². The lowest BCUT2D eigenvalue weighted by atomic mass is 10.4. The van der Waals surface area contributed by atoms with E-state index < -0.39 is 0 Å². The normalized spacial score (nSPS) is 11.4. The second-order valence-corrected chi connectivity index (χ2v) is 3.81. The number of allylic oxidation sites excluding steroid dienone is 1. The average Bonchev–Trinajstić information content (AvgIpc) is 2.74. The van der Waals surface area contributed by atoms with Crippen LogP contribution in [0.4, 0.5) is 5.69 Å². The third-order valence-electron chi connectivity index (χ3n) is 2.02. The standard InChI is InChI=1S/C12H19N3O3/c1-4-5-18-12(16)6-10(2)14-11-7-13-15(8-11)9-17-3/h6-8,14H,4-5,9H2,1-3H3. The van der Waals surface area contributed by atoms with E-state index in [1.54, 1.807) is 31.1 Å². The van der Waals surface area contributed by atoms with Crippen molar-refractivity contribution in [3.8, 4) is 0 Å². The highest BCUT2D eigenvalue weighted by atomic mass is 16.5. The average molecular weight is 253 g/mol. The molecule has 0 aromatic carbocycles. The second kappa shape index (κ2) is 7.50. The number of aromatic nitrogens is 2. The molecule has 0 atom stereocenters. The van der Waals surface area contributed by atoms with Gasteiger partial charge in [0.1, 0.15) is 6.73 Å². The van der Waals surface area contributed by atoms with Gasteiger partial charge in [0.25, 0.3) is 0 Å². The molecule has 1 N–H and O–H groups in total. The van der Waals surface area contributed by atoms with Gasteiger partial charge in [0, 0.05) is 18.9 Å². The molecular weight excluding hydrogens is 234 g/mol. The van der Waals surface area contributed by atoms with E-state index in [9.17, 15) is 4.79 Å². The van der Waals surface area contributed by atoms with E-state index in [-0.39, 0.29) is 5.97 Å². The number of carbonyl (C=O) groups is 1. The van der Waals surface area contributed by atoms with E-state index in [1.165, 1.54) is 6.08 Å². The zero-order chi connectivity index (χ0) is 13.4. The molecule has 0 bridgehead atoms. The van der Waals surface area contributed by atoms with Gasteiger partial charge in [-0.2, -0.15) is 5.10 Å². The number of nitrogens with zero attached hydrogens (tertiary/aromatic N) is 2. The first-order valence-corrected chi connectivity index (χ1v) is 5.79. The molecule has 1 aromatic rings. The van der Waals surface area contributed by atoms with Crippen LogP contribution in [0.25, 0.3) is 0 Å². The van der Waals surface area contributed by atoms with Gasteiger partial charge in [-0.15, -0.1) is 0 Å². The first kappa shape index (κ1) is 14.2. The zero-order valence-electron chi connectivity index (χ0n) is 11.0. The van der Waals surface area contributed by atoms with Crippen molar-refractivity contribution in [3.05, 3.63) is 24.2 Å². The van der Waals surface area contributed by atoms with Crippen LogP contribution in [0.15, 0.2) is 24.2 Å². The number of hydrogen-bond donors (Lipinski definition) is 1. The first-order valence-electron chi connectivity index (χ1n) is 5.79. The van der Waals surface area contributed by atoms with Crippen molar-refractivity contribution in [2.24, 2.45) is 0 Å². The number of anilines is 1. The van der Waals surface area contributed by atoms with Crippen LogP contribution in [0.2, 0.25) is 0 Å². The van der Waals surface area contributed by atoms with Crippen molar-refractivity contribution in [3.63, 3.8) is 0 Å². The molecule has 0 aliphatic rings. The maximum atomic E-state index is 11.3. The minimum Gasteiger partial charge on any atom is -0.462 e. The Kier molecular flexibility index (Phi) is 5.93. The minimum absolute atomic E-state index is 0.342. The molecule has 0 spiro atoms. The van der Waals surface area contributed by atoms with Crippen molar-refractivity contribution in [2.75, 3.05) is 19.0 Å². The van der Waals surface area contributed by atoms with Crippen LogP contribution >= 0.6 is 0 Å². The summed E-state index contributed by atoms with van der Waals surface area (Å²) in [5.41, 5.74) is 1.50. The van der Waals surface area contributed by atoms with Gasteiger partial charge in [-0.25, -0.2) is 9.48 Å². The summed E-state index contributed by atoms with van der Waals surface area (Å²) in [5, 5.41) is 7.12. The molecule has 0 saturated carbocycles. The molecule has 18 heavy (non-hydrogen) atoms. The Morgan fingerprint density at radius 3 is 3.06 bits per heavy atom.